The van der Waals surface area contributed by atoms with E-state index < -0.39 is 10.0 Å². The maximum absolute atomic E-state index is 12.5. The Morgan fingerprint density at radius 3 is 2.35 bits per heavy atom. The van der Waals surface area contributed by atoms with Gasteiger partial charge in [0.15, 0.2) is 0 Å². The zero-order valence-corrected chi connectivity index (χ0v) is 16.7. The number of benzene rings is 2. The number of nitrogens with one attached hydrogen (secondary N) is 2. The van der Waals surface area contributed by atoms with Crippen molar-refractivity contribution >= 4 is 44.6 Å². The van der Waals surface area contributed by atoms with Crippen LogP contribution in [0.2, 0.25) is 10.0 Å². The number of likely N-dealkylation sites (tertiary alicyclic amines) is 1. The predicted molar refractivity (Wildman–Crippen MR) is 108 cm³/mol. The Morgan fingerprint density at radius 1 is 1.04 bits per heavy atom. The fourth-order valence-corrected chi connectivity index (χ4v) is 4.60. The summed E-state index contributed by atoms with van der Waals surface area (Å²) in [4.78, 5) is 2.45. The molecule has 0 bridgehead atoms. The van der Waals surface area contributed by atoms with Crippen molar-refractivity contribution in [2.24, 2.45) is 0 Å². The van der Waals surface area contributed by atoms with Gasteiger partial charge in [0, 0.05) is 6.04 Å². The van der Waals surface area contributed by atoms with Gasteiger partial charge in [-0.1, -0.05) is 41.4 Å². The van der Waals surface area contributed by atoms with Gasteiger partial charge in [-0.05, 0) is 57.2 Å². The zero-order chi connectivity index (χ0) is 18.7. The Kier molecular flexibility index (Phi) is 5.97. The van der Waals surface area contributed by atoms with Gasteiger partial charge >= 0.3 is 0 Å². The highest BCUT2D eigenvalue weighted by Gasteiger charge is 2.21. The first-order valence-electron chi connectivity index (χ1n) is 8.38. The summed E-state index contributed by atoms with van der Waals surface area (Å²) in [7, 11) is -1.63. The molecule has 5 nitrogen and oxygen atoms in total. The molecule has 3 rings (SSSR count). The molecule has 26 heavy (non-hydrogen) atoms. The van der Waals surface area contributed by atoms with Gasteiger partial charge in [-0.2, -0.15) is 0 Å². The molecule has 1 fully saturated rings. The summed E-state index contributed by atoms with van der Waals surface area (Å²) in [5, 5.41) is 4.12. The molecule has 1 aliphatic heterocycles. The minimum absolute atomic E-state index is 0.177. The van der Waals surface area contributed by atoms with Crippen molar-refractivity contribution < 1.29 is 8.42 Å². The minimum atomic E-state index is -3.72. The Balaban J connectivity index is 1.83. The third kappa shape index (κ3) is 4.43. The number of sulfonamides is 1. The topological polar surface area (TPSA) is 61.4 Å². The first kappa shape index (κ1) is 19.3. The molecule has 0 aromatic heterocycles. The van der Waals surface area contributed by atoms with E-state index in [1.807, 2.05) is 0 Å². The quantitative estimate of drug-likeness (QED) is 0.766. The summed E-state index contributed by atoms with van der Waals surface area (Å²) in [6.45, 7) is 1.99. The van der Waals surface area contributed by atoms with Crippen molar-refractivity contribution in [2.75, 3.05) is 30.2 Å². The summed E-state index contributed by atoms with van der Waals surface area (Å²) in [5.74, 6) is 0. The summed E-state index contributed by atoms with van der Waals surface area (Å²) in [6, 6.07) is 11.6. The van der Waals surface area contributed by atoms with Gasteiger partial charge in [0.2, 0.25) is 0 Å². The maximum atomic E-state index is 12.5. The van der Waals surface area contributed by atoms with E-state index in [1.165, 1.54) is 12.1 Å². The maximum Gasteiger partial charge on any atom is 0.261 e. The summed E-state index contributed by atoms with van der Waals surface area (Å²) >= 11 is 12.8. The molecule has 8 heteroatoms. The molecule has 1 aliphatic rings. The monoisotopic (exact) mass is 413 g/mol. The lowest BCUT2D eigenvalue weighted by molar-refractivity contribution is 0.264. The first-order valence-corrected chi connectivity index (χ1v) is 10.6. The van der Waals surface area contributed by atoms with E-state index in [9.17, 15) is 8.42 Å². The summed E-state index contributed by atoms with van der Waals surface area (Å²) in [5.41, 5.74) is 0.867. The number of nitrogens with zero attached hydrogens (tertiary/aromatic N) is 1. The molecular weight excluding hydrogens is 393 g/mol. The van der Waals surface area contributed by atoms with E-state index in [-0.39, 0.29) is 16.0 Å². The van der Waals surface area contributed by atoms with Gasteiger partial charge in [-0.15, -0.1) is 0 Å². The lowest BCUT2D eigenvalue weighted by atomic mass is 10.1. The Bertz CT molecular complexity index is 868. The molecule has 0 amide bonds. The molecule has 140 valence electrons. The number of halogens is 2. The zero-order valence-electron chi connectivity index (χ0n) is 14.4. The van der Waals surface area contributed by atoms with Crippen LogP contribution in [0.1, 0.15) is 12.8 Å². The van der Waals surface area contributed by atoms with Crippen LogP contribution in [0.15, 0.2) is 47.4 Å². The van der Waals surface area contributed by atoms with Crippen LogP contribution < -0.4 is 10.0 Å². The smallest absolute Gasteiger partial charge is 0.261 e. The Hall–Kier alpha value is -1.47. The number of hydrogen-bond donors (Lipinski definition) is 2. The summed E-state index contributed by atoms with van der Waals surface area (Å²) < 4.78 is 27.6. The van der Waals surface area contributed by atoms with Crippen molar-refractivity contribution in [1.82, 2.24) is 4.90 Å². The third-order valence-corrected chi connectivity index (χ3v) is 6.54. The van der Waals surface area contributed by atoms with Crippen LogP contribution in [0, 0.1) is 0 Å². The van der Waals surface area contributed by atoms with Crippen molar-refractivity contribution in [2.45, 2.75) is 23.8 Å². The Labute approximate surface area is 164 Å². The van der Waals surface area contributed by atoms with Crippen molar-refractivity contribution in [3.8, 4) is 0 Å². The van der Waals surface area contributed by atoms with Crippen LogP contribution in [-0.4, -0.2) is 39.5 Å². The molecule has 2 aromatic carbocycles. The normalized spacial score (nSPS) is 16.4. The molecule has 1 saturated heterocycles. The van der Waals surface area contributed by atoms with Crippen LogP contribution in [0.4, 0.5) is 11.4 Å². The second kappa shape index (κ2) is 8.05. The number of rotatable bonds is 5. The van der Waals surface area contributed by atoms with Crippen molar-refractivity contribution in [3.05, 3.63) is 52.5 Å². The second-order valence-corrected chi connectivity index (χ2v) is 8.89. The fourth-order valence-electron chi connectivity index (χ4n) is 2.92. The highest BCUT2D eigenvalue weighted by atomic mass is 35.5. The van der Waals surface area contributed by atoms with Crippen LogP contribution in [0.25, 0.3) is 0 Å². The van der Waals surface area contributed by atoms with Crippen molar-refractivity contribution in [3.63, 3.8) is 0 Å². The third-order valence-electron chi connectivity index (χ3n) is 4.46. The average molecular weight is 414 g/mol. The van der Waals surface area contributed by atoms with Gasteiger partial charge in [0.25, 0.3) is 10.0 Å². The van der Waals surface area contributed by atoms with E-state index in [1.54, 1.807) is 30.3 Å². The van der Waals surface area contributed by atoms with Gasteiger partial charge in [0.1, 0.15) is 0 Å². The predicted octanol–water partition coefficient (Wildman–Crippen LogP) is 4.30. The van der Waals surface area contributed by atoms with Crippen LogP contribution in [-0.2, 0) is 10.0 Å². The second-order valence-electron chi connectivity index (χ2n) is 6.42. The number of anilines is 2. The van der Waals surface area contributed by atoms with Gasteiger partial charge < -0.3 is 10.2 Å². The van der Waals surface area contributed by atoms with Crippen molar-refractivity contribution in [1.29, 1.82) is 0 Å². The van der Waals surface area contributed by atoms with Crippen LogP contribution >= 0.6 is 23.2 Å². The Morgan fingerprint density at radius 2 is 1.69 bits per heavy atom. The molecule has 0 unspecified atom stereocenters. The minimum Gasteiger partial charge on any atom is -0.380 e. The fraction of sp³-hybridized carbons (Fsp3) is 0.333. The molecule has 0 atom stereocenters. The molecule has 0 aliphatic carbocycles. The van der Waals surface area contributed by atoms with E-state index in [2.05, 4.69) is 22.0 Å². The van der Waals surface area contributed by atoms with E-state index >= 15 is 0 Å². The highest BCUT2D eigenvalue weighted by Crippen LogP contribution is 2.38. The van der Waals surface area contributed by atoms with Gasteiger partial charge in [0.05, 0.1) is 26.3 Å². The molecule has 0 radical (unpaired) electrons. The molecule has 0 spiro atoms. The van der Waals surface area contributed by atoms with E-state index in [4.69, 9.17) is 23.2 Å². The lowest BCUT2D eigenvalue weighted by Gasteiger charge is -2.30. The van der Waals surface area contributed by atoms with Gasteiger partial charge in [-0.3, -0.25) is 4.72 Å². The molecule has 2 aromatic rings. The standard InChI is InChI=1S/C18H21Cl2N3O2S/c1-23-11-9-13(10-12-23)21-18-15(19)7-8-16(17(18)20)22-26(24,25)14-5-3-2-4-6-14/h2-8,13,21-22H,9-12H2,1H3. The molecular formula is C18H21Cl2N3O2S. The van der Waals surface area contributed by atoms with Gasteiger partial charge in [-0.25, -0.2) is 8.42 Å². The summed E-state index contributed by atoms with van der Waals surface area (Å²) in [6.07, 6.45) is 1.95. The number of piperidine rings is 1. The highest BCUT2D eigenvalue weighted by molar-refractivity contribution is 7.92. The molecule has 0 saturated carbocycles. The molecule has 1 heterocycles. The first-order chi connectivity index (χ1) is 12.4. The number of hydrogen-bond acceptors (Lipinski definition) is 4. The molecule has 2 N–H and O–H groups in total. The van der Waals surface area contributed by atoms with E-state index in [0.717, 1.165) is 25.9 Å². The lowest BCUT2D eigenvalue weighted by Crippen LogP contribution is -2.36. The average Bonchev–Trinajstić information content (AvgIpc) is 2.63. The van der Waals surface area contributed by atoms with E-state index in [0.29, 0.717) is 16.4 Å². The SMILES string of the molecule is CN1CCC(Nc2c(Cl)ccc(NS(=O)(=O)c3ccccc3)c2Cl)CC1. The van der Waals surface area contributed by atoms with Crippen LogP contribution in [0.3, 0.4) is 0 Å². The van der Waals surface area contributed by atoms with Crippen LogP contribution in [0.5, 0.6) is 0 Å². The largest absolute Gasteiger partial charge is 0.380 e.